The molecular weight excluding hydrogens is 370 g/mol. The van der Waals surface area contributed by atoms with Gasteiger partial charge in [0.15, 0.2) is 11.5 Å². The number of nitrogens with one attached hydrogen (secondary N) is 2. The van der Waals surface area contributed by atoms with Gasteiger partial charge in [-0.25, -0.2) is 5.43 Å². The van der Waals surface area contributed by atoms with Gasteiger partial charge in [0.25, 0.3) is 0 Å². The van der Waals surface area contributed by atoms with Crippen LogP contribution in [0.25, 0.3) is 0 Å². The maximum atomic E-state index is 11.9. The zero-order valence-corrected chi connectivity index (χ0v) is 16.4. The lowest BCUT2D eigenvalue weighted by Crippen LogP contribution is -2.20. The van der Waals surface area contributed by atoms with Crippen molar-refractivity contribution < 1.29 is 19.4 Å². The molecule has 2 amide bonds. The van der Waals surface area contributed by atoms with E-state index in [9.17, 15) is 14.7 Å². The molecule has 0 unspecified atom stereocenters. The number of nitrogens with zero attached hydrogens (tertiary/aromatic N) is 1. The van der Waals surface area contributed by atoms with Gasteiger partial charge in [-0.05, 0) is 43.2 Å². The van der Waals surface area contributed by atoms with Crippen LogP contribution in [-0.2, 0) is 16.0 Å². The first-order valence-corrected chi connectivity index (χ1v) is 9.29. The summed E-state index contributed by atoms with van der Waals surface area (Å²) in [6.07, 6.45) is 3.66. The summed E-state index contributed by atoms with van der Waals surface area (Å²) in [5.74, 6) is -0.210. The molecule has 0 aliphatic carbocycles. The minimum absolute atomic E-state index is 0.0114. The van der Waals surface area contributed by atoms with Gasteiger partial charge in [0.1, 0.15) is 0 Å². The average molecular weight is 395 g/mol. The van der Waals surface area contributed by atoms with Crippen LogP contribution in [0, 0.1) is 0 Å². The Morgan fingerprint density at radius 2 is 1.90 bits per heavy atom. The molecule has 0 bridgehead atoms. The van der Waals surface area contributed by atoms with Gasteiger partial charge >= 0.3 is 0 Å². The summed E-state index contributed by atoms with van der Waals surface area (Å²) in [6, 6.07) is 12.4. The highest BCUT2D eigenvalue weighted by molar-refractivity contribution is 5.93. The largest absolute Gasteiger partial charge is 0.504 e. The van der Waals surface area contributed by atoms with Gasteiger partial charge in [0.05, 0.1) is 12.8 Å². The van der Waals surface area contributed by atoms with Crippen molar-refractivity contribution in [1.29, 1.82) is 0 Å². The molecule has 0 saturated heterocycles. The number of carbonyl (C=O) groups is 2. The first-order chi connectivity index (χ1) is 14.0. The zero-order chi connectivity index (χ0) is 21.1. The third-order valence-corrected chi connectivity index (χ3v) is 3.88. The van der Waals surface area contributed by atoms with Crippen LogP contribution < -0.4 is 15.5 Å². The fourth-order valence-electron chi connectivity index (χ4n) is 2.55. The molecule has 29 heavy (non-hydrogen) atoms. The fourth-order valence-corrected chi connectivity index (χ4v) is 2.55. The van der Waals surface area contributed by atoms with Crippen molar-refractivity contribution in [3.05, 3.63) is 66.2 Å². The Morgan fingerprint density at radius 3 is 2.59 bits per heavy atom. The van der Waals surface area contributed by atoms with Crippen LogP contribution in [0.1, 0.15) is 30.9 Å². The van der Waals surface area contributed by atoms with E-state index in [0.29, 0.717) is 35.6 Å². The van der Waals surface area contributed by atoms with Gasteiger partial charge in [-0.2, -0.15) is 5.10 Å². The molecule has 0 aliphatic heterocycles. The van der Waals surface area contributed by atoms with Crippen molar-refractivity contribution in [2.24, 2.45) is 5.10 Å². The lowest BCUT2D eigenvalue weighted by molar-refractivity contribution is -0.124. The molecule has 0 aromatic heterocycles. The first-order valence-electron chi connectivity index (χ1n) is 9.29. The molecule has 2 rings (SSSR count). The number of amides is 2. The van der Waals surface area contributed by atoms with Crippen molar-refractivity contribution in [2.75, 3.05) is 11.9 Å². The van der Waals surface area contributed by atoms with Crippen LogP contribution in [0.3, 0.4) is 0 Å². The number of aromatic hydroxyl groups is 1. The second kappa shape index (κ2) is 11.3. The molecule has 0 radical (unpaired) electrons. The fraction of sp³-hybridized carbons (Fsp3) is 0.227. The summed E-state index contributed by atoms with van der Waals surface area (Å²) in [5, 5.41) is 16.8. The Hall–Kier alpha value is -3.61. The molecular formula is C22H25N3O4. The van der Waals surface area contributed by atoms with E-state index in [0.717, 1.165) is 0 Å². The van der Waals surface area contributed by atoms with E-state index in [4.69, 9.17) is 4.74 Å². The normalized spacial score (nSPS) is 10.5. The first kappa shape index (κ1) is 21.7. The van der Waals surface area contributed by atoms with Crippen LogP contribution in [0.5, 0.6) is 11.5 Å². The molecule has 3 N–H and O–H groups in total. The zero-order valence-electron chi connectivity index (χ0n) is 16.4. The van der Waals surface area contributed by atoms with Crippen molar-refractivity contribution in [1.82, 2.24) is 5.43 Å². The molecule has 0 aliphatic rings. The molecule has 2 aromatic carbocycles. The Balaban J connectivity index is 1.89. The van der Waals surface area contributed by atoms with Crippen molar-refractivity contribution in [3.63, 3.8) is 0 Å². The molecule has 7 heteroatoms. The monoisotopic (exact) mass is 395 g/mol. The maximum absolute atomic E-state index is 11.9. The predicted molar refractivity (Wildman–Crippen MR) is 113 cm³/mol. The number of carbonyl (C=O) groups excluding carboxylic acids is 2. The predicted octanol–water partition coefficient (Wildman–Crippen LogP) is 3.39. The number of benzene rings is 2. The van der Waals surface area contributed by atoms with Crippen LogP contribution in [0.4, 0.5) is 5.69 Å². The highest BCUT2D eigenvalue weighted by Crippen LogP contribution is 2.31. The van der Waals surface area contributed by atoms with Crippen molar-refractivity contribution in [2.45, 2.75) is 26.2 Å². The van der Waals surface area contributed by atoms with E-state index >= 15 is 0 Å². The smallest absolute Gasteiger partial charge is 0.240 e. The van der Waals surface area contributed by atoms with E-state index in [2.05, 4.69) is 22.4 Å². The SMILES string of the molecule is C=CCc1cc(C=NNC(=O)CCC(=O)Nc2ccccc2)cc(OCC)c1O. The summed E-state index contributed by atoms with van der Waals surface area (Å²) < 4.78 is 5.43. The number of phenols is 1. The molecule has 0 heterocycles. The number of anilines is 1. The summed E-state index contributed by atoms with van der Waals surface area (Å²) >= 11 is 0. The number of rotatable bonds is 10. The number of phenolic OH excluding ortho intramolecular Hbond substituents is 1. The van der Waals surface area contributed by atoms with Gasteiger partial charge in [-0.3, -0.25) is 9.59 Å². The molecule has 0 atom stereocenters. The number of hydrogen-bond donors (Lipinski definition) is 3. The highest BCUT2D eigenvalue weighted by atomic mass is 16.5. The van der Waals surface area contributed by atoms with E-state index in [1.165, 1.54) is 6.21 Å². The van der Waals surface area contributed by atoms with E-state index in [1.807, 2.05) is 25.1 Å². The lowest BCUT2D eigenvalue weighted by atomic mass is 10.1. The van der Waals surface area contributed by atoms with Crippen molar-refractivity contribution in [3.8, 4) is 11.5 Å². The number of hydrazone groups is 1. The van der Waals surface area contributed by atoms with Gasteiger partial charge in [0, 0.05) is 24.1 Å². The maximum Gasteiger partial charge on any atom is 0.240 e. The Labute approximate surface area is 170 Å². The average Bonchev–Trinajstić information content (AvgIpc) is 2.71. The minimum Gasteiger partial charge on any atom is -0.504 e. The molecule has 0 fully saturated rings. The summed E-state index contributed by atoms with van der Waals surface area (Å²) in [6.45, 7) is 5.90. The molecule has 7 nitrogen and oxygen atoms in total. The molecule has 2 aromatic rings. The second-order valence-corrected chi connectivity index (χ2v) is 6.16. The van der Waals surface area contributed by atoms with Gasteiger partial charge < -0.3 is 15.2 Å². The van der Waals surface area contributed by atoms with Crippen LogP contribution in [0.15, 0.2) is 60.2 Å². The molecule has 152 valence electrons. The number of para-hydroxylation sites is 1. The van der Waals surface area contributed by atoms with Crippen molar-refractivity contribution >= 4 is 23.7 Å². The van der Waals surface area contributed by atoms with Crippen LogP contribution in [-0.4, -0.2) is 29.7 Å². The number of hydrogen-bond acceptors (Lipinski definition) is 5. The van der Waals surface area contributed by atoms with Gasteiger partial charge in [-0.1, -0.05) is 24.3 Å². The number of ether oxygens (including phenoxy) is 1. The van der Waals surface area contributed by atoms with Crippen LogP contribution in [0.2, 0.25) is 0 Å². The third-order valence-electron chi connectivity index (χ3n) is 3.88. The summed E-state index contributed by atoms with van der Waals surface area (Å²) in [7, 11) is 0. The Kier molecular flexibility index (Phi) is 8.44. The van der Waals surface area contributed by atoms with E-state index < -0.39 is 0 Å². The number of allylic oxidation sites excluding steroid dienone is 1. The standard InChI is InChI=1S/C22H25N3O4/c1-3-8-17-13-16(14-19(22(17)28)29-4-2)15-23-25-21(27)12-11-20(26)24-18-9-6-5-7-10-18/h3,5-7,9-10,13-15,28H,1,4,8,11-12H2,2H3,(H,24,26)(H,25,27). The van der Waals surface area contributed by atoms with Crippen LogP contribution >= 0.6 is 0 Å². The topological polar surface area (TPSA) is 100 Å². The van der Waals surface area contributed by atoms with Gasteiger partial charge in [-0.15, -0.1) is 6.58 Å². The summed E-state index contributed by atoms with van der Waals surface area (Å²) in [5.41, 5.74) is 4.39. The second-order valence-electron chi connectivity index (χ2n) is 6.16. The quantitative estimate of drug-likeness (QED) is 0.326. The summed E-state index contributed by atoms with van der Waals surface area (Å²) in [4.78, 5) is 23.8. The molecule has 0 saturated carbocycles. The van der Waals surface area contributed by atoms with E-state index in [1.54, 1.807) is 30.3 Å². The van der Waals surface area contributed by atoms with Gasteiger partial charge in [0.2, 0.25) is 11.8 Å². The molecule has 0 spiro atoms. The minimum atomic E-state index is -0.375. The Morgan fingerprint density at radius 1 is 1.17 bits per heavy atom. The Bertz CT molecular complexity index is 879. The highest BCUT2D eigenvalue weighted by Gasteiger charge is 2.10. The third kappa shape index (κ3) is 7.14. The van der Waals surface area contributed by atoms with E-state index in [-0.39, 0.29) is 30.4 Å². The lowest BCUT2D eigenvalue weighted by Gasteiger charge is -2.10.